The molecule has 0 fully saturated rings. The molecule has 1 amide bonds. The van der Waals surface area contributed by atoms with Crippen molar-refractivity contribution in [2.24, 2.45) is 0 Å². The van der Waals surface area contributed by atoms with Gasteiger partial charge in [-0.15, -0.1) is 0 Å². The van der Waals surface area contributed by atoms with Crippen LogP contribution in [0.5, 0.6) is 0 Å². The summed E-state index contributed by atoms with van der Waals surface area (Å²) in [5, 5.41) is 4.11. The van der Waals surface area contributed by atoms with Crippen molar-refractivity contribution in [3.05, 3.63) is 88.8 Å². The maximum atomic E-state index is 13.0. The largest absolute Gasteiger partial charge is 0.467 e. The average Bonchev–Trinajstić information content (AvgIpc) is 3.11. The molecule has 120 valence electrons. The van der Waals surface area contributed by atoms with Gasteiger partial charge in [-0.05, 0) is 42.0 Å². The molecular formula is C19H15ClN2O2. The first kappa shape index (κ1) is 14.8. The minimum Gasteiger partial charge on any atom is -0.467 e. The molecule has 4 nitrogen and oxygen atoms in total. The summed E-state index contributed by atoms with van der Waals surface area (Å²) in [6.07, 6.45) is 1.33. The molecule has 0 spiro atoms. The molecule has 5 heteroatoms. The van der Waals surface area contributed by atoms with E-state index in [1.165, 1.54) is 0 Å². The van der Waals surface area contributed by atoms with Crippen LogP contribution in [0.15, 0.2) is 71.3 Å². The van der Waals surface area contributed by atoms with Gasteiger partial charge in [0.1, 0.15) is 11.9 Å². The first-order valence-corrected chi connectivity index (χ1v) is 8.04. The number of hydrogen-bond donors (Lipinski definition) is 1. The van der Waals surface area contributed by atoms with Crippen LogP contribution in [-0.4, -0.2) is 10.8 Å². The Hall–Kier alpha value is -2.72. The molecule has 1 aliphatic heterocycles. The Kier molecular flexibility index (Phi) is 3.75. The number of nitrogens with one attached hydrogen (secondary N) is 1. The second kappa shape index (κ2) is 6.06. The van der Waals surface area contributed by atoms with Crippen molar-refractivity contribution >= 4 is 23.2 Å². The van der Waals surface area contributed by atoms with Gasteiger partial charge in [-0.1, -0.05) is 35.9 Å². The minimum atomic E-state index is -0.283. The molecule has 0 bridgehead atoms. The standard InChI is InChI=1S/C19H15ClN2O2/c20-14-9-7-13(8-10-14)18-21-17-6-2-1-5-16(17)19(23)22(18)12-15-4-3-11-24-15/h1-11,18,21H,12H2. The molecule has 4 rings (SSSR count). The van der Waals surface area contributed by atoms with Crippen LogP contribution in [0.4, 0.5) is 5.69 Å². The molecule has 1 aromatic heterocycles. The van der Waals surface area contributed by atoms with E-state index >= 15 is 0 Å². The zero-order valence-electron chi connectivity index (χ0n) is 12.8. The number of hydrogen-bond acceptors (Lipinski definition) is 3. The highest BCUT2D eigenvalue weighted by Crippen LogP contribution is 2.34. The van der Waals surface area contributed by atoms with Gasteiger partial charge in [0.25, 0.3) is 5.91 Å². The number of rotatable bonds is 3. The summed E-state index contributed by atoms with van der Waals surface area (Å²) in [6.45, 7) is 0.389. The number of nitrogens with zero attached hydrogens (tertiary/aromatic N) is 1. The fourth-order valence-electron chi connectivity index (χ4n) is 2.93. The number of halogens is 1. The van der Waals surface area contributed by atoms with Gasteiger partial charge >= 0.3 is 0 Å². The van der Waals surface area contributed by atoms with Crippen LogP contribution in [-0.2, 0) is 6.54 Å². The monoisotopic (exact) mass is 338 g/mol. The summed E-state index contributed by atoms with van der Waals surface area (Å²) < 4.78 is 5.43. The fraction of sp³-hybridized carbons (Fsp3) is 0.105. The van der Waals surface area contributed by atoms with Crippen molar-refractivity contribution in [3.8, 4) is 0 Å². The van der Waals surface area contributed by atoms with Crippen LogP contribution in [0.2, 0.25) is 5.02 Å². The molecular weight excluding hydrogens is 324 g/mol. The Morgan fingerprint density at radius 1 is 1.04 bits per heavy atom. The third kappa shape index (κ3) is 2.65. The van der Waals surface area contributed by atoms with Crippen molar-refractivity contribution in [3.63, 3.8) is 0 Å². The first-order valence-electron chi connectivity index (χ1n) is 7.67. The average molecular weight is 339 g/mol. The van der Waals surface area contributed by atoms with E-state index in [2.05, 4.69) is 5.32 Å². The van der Waals surface area contributed by atoms with E-state index in [9.17, 15) is 4.79 Å². The zero-order valence-corrected chi connectivity index (χ0v) is 13.5. The molecule has 2 heterocycles. The molecule has 2 aromatic carbocycles. The lowest BCUT2D eigenvalue weighted by molar-refractivity contribution is 0.0651. The lowest BCUT2D eigenvalue weighted by Gasteiger charge is -2.37. The number of amides is 1. The number of para-hydroxylation sites is 1. The molecule has 0 radical (unpaired) electrons. The summed E-state index contributed by atoms with van der Waals surface area (Å²) >= 11 is 6.00. The van der Waals surface area contributed by atoms with Crippen molar-refractivity contribution in [2.75, 3.05) is 5.32 Å². The van der Waals surface area contributed by atoms with Crippen LogP contribution in [0.25, 0.3) is 0 Å². The van der Waals surface area contributed by atoms with E-state index in [0.717, 1.165) is 17.0 Å². The highest BCUT2D eigenvalue weighted by molar-refractivity contribution is 6.30. The van der Waals surface area contributed by atoms with Gasteiger partial charge in [-0.3, -0.25) is 4.79 Å². The van der Waals surface area contributed by atoms with E-state index in [-0.39, 0.29) is 12.1 Å². The second-order valence-electron chi connectivity index (χ2n) is 5.66. The summed E-state index contributed by atoms with van der Waals surface area (Å²) in [6, 6.07) is 18.7. The van der Waals surface area contributed by atoms with Gasteiger partial charge in [-0.2, -0.15) is 0 Å². The normalized spacial score (nSPS) is 16.6. The molecule has 3 aromatic rings. The van der Waals surface area contributed by atoms with Gasteiger partial charge in [0, 0.05) is 10.7 Å². The van der Waals surface area contributed by atoms with Gasteiger partial charge in [0.05, 0.1) is 18.4 Å². The number of carbonyl (C=O) groups excluding carboxylic acids is 1. The minimum absolute atomic E-state index is 0.0271. The van der Waals surface area contributed by atoms with E-state index in [0.29, 0.717) is 17.1 Å². The van der Waals surface area contributed by atoms with Gasteiger partial charge < -0.3 is 14.6 Å². The zero-order chi connectivity index (χ0) is 16.5. The topological polar surface area (TPSA) is 45.5 Å². The summed E-state index contributed by atoms with van der Waals surface area (Å²) in [7, 11) is 0. The van der Waals surface area contributed by atoms with Crippen LogP contribution in [0, 0.1) is 0 Å². The molecule has 0 saturated heterocycles. The molecule has 1 atom stereocenters. The molecule has 0 aliphatic carbocycles. The van der Waals surface area contributed by atoms with Crippen LogP contribution in [0.3, 0.4) is 0 Å². The highest BCUT2D eigenvalue weighted by Gasteiger charge is 2.33. The van der Waals surface area contributed by atoms with Crippen molar-refractivity contribution < 1.29 is 9.21 Å². The summed E-state index contributed by atoms with van der Waals surface area (Å²) in [5.74, 6) is 0.712. The quantitative estimate of drug-likeness (QED) is 0.753. The van der Waals surface area contributed by atoms with Crippen molar-refractivity contribution in [1.82, 2.24) is 4.90 Å². The van der Waals surface area contributed by atoms with Crippen molar-refractivity contribution in [1.29, 1.82) is 0 Å². The number of furan rings is 1. The van der Waals surface area contributed by atoms with E-state index < -0.39 is 0 Å². The number of fused-ring (bicyclic) bond motifs is 1. The second-order valence-corrected chi connectivity index (χ2v) is 6.09. The van der Waals surface area contributed by atoms with E-state index in [1.54, 1.807) is 11.2 Å². The van der Waals surface area contributed by atoms with E-state index in [4.69, 9.17) is 16.0 Å². The lowest BCUT2D eigenvalue weighted by atomic mass is 10.0. The predicted molar refractivity (Wildman–Crippen MR) is 92.8 cm³/mol. The molecule has 1 unspecified atom stereocenters. The Balaban J connectivity index is 1.76. The SMILES string of the molecule is O=C1c2ccccc2NC(c2ccc(Cl)cc2)N1Cc1ccco1. The van der Waals surface area contributed by atoms with Crippen LogP contribution >= 0.6 is 11.6 Å². The van der Waals surface area contributed by atoms with E-state index in [1.807, 2.05) is 60.7 Å². The summed E-state index contributed by atoms with van der Waals surface area (Å²) in [4.78, 5) is 14.8. The van der Waals surface area contributed by atoms with Gasteiger partial charge in [-0.25, -0.2) is 0 Å². The summed E-state index contributed by atoms with van der Waals surface area (Å²) in [5.41, 5.74) is 2.46. The maximum Gasteiger partial charge on any atom is 0.258 e. The Bertz CT molecular complexity index is 859. The Morgan fingerprint density at radius 3 is 2.58 bits per heavy atom. The fourth-order valence-corrected chi connectivity index (χ4v) is 3.06. The van der Waals surface area contributed by atoms with Crippen LogP contribution < -0.4 is 5.32 Å². The molecule has 1 aliphatic rings. The number of benzene rings is 2. The molecule has 1 N–H and O–H groups in total. The molecule has 24 heavy (non-hydrogen) atoms. The number of carbonyl (C=O) groups is 1. The number of anilines is 1. The third-order valence-electron chi connectivity index (χ3n) is 4.11. The van der Waals surface area contributed by atoms with Gasteiger partial charge in [0.2, 0.25) is 0 Å². The first-order chi connectivity index (χ1) is 11.7. The highest BCUT2D eigenvalue weighted by atomic mass is 35.5. The lowest BCUT2D eigenvalue weighted by Crippen LogP contribution is -2.42. The predicted octanol–water partition coefficient (Wildman–Crippen LogP) is 4.70. The van der Waals surface area contributed by atoms with Crippen molar-refractivity contribution in [2.45, 2.75) is 12.7 Å². The van der Waals surface area contributed by atoms with Crippen LogP contribution in [0.1, 0.15) is 27.8 Å². The Morgan fingerprint density at radius 2 is 1.83 bits per heavy atom. The smallest absolute Gasteiger partial charge is 0.258 e. The Labute approximate surface area is 144 Å². The van der Waals surface area contributed by atoms with Gasteiger partial charge in [0.15, 0.2) is 0 Å². The third-order valence-corrected chi connectivity index (χ3v) is 4.37. The maximum absolute atomic E-state index is 13.0. The molecule has 0 saturated carbocycles.